The number of thioether (sulfide) groups is 1. The Morgan fingerprint density at radius 3 is 2.92 bits per heavy atom. The van der Waals surface area contributed by atoms with Crippen LogP contribution in [0.5, 0.6) is 0 Å². The van der Waals surface area contributed by atoms with Crippen LogP contribution in [0.1, 0.15) is 19.5 Å². The summed E-state index contributed by atoms with van der Waals surface area (Å²) >= 11 is 2.07. The molecular weight excluding hydrogens is 332 g/mol. The van der Waals surface area contributed by atoms with E-state index in [2.05, 4.69) is 45.8 Å². The van der Waals surface area contributed by atoms with Crippen molar-refractivity contribution in [2.45, 2.75) is 25.6 Å². The minimum Gasteiger partial charge on any atom is -0.444 e. The lowest BCUT2D eigenvalue weighted by atomic mass is 10.1. The van der Waals surface area contributed by atoms with Crippen LogP contribution in [0.2, 0.25) is 0 Å². The summed E-state index contributed by atoms with van der Waals surface area (Å²) in [6, 6.07) is 9.96. The smallest absolute Gasteiger partial charge is 0.226 e. The maximum atomic E-state index is 5.60. The third-order valence-corrected chi connectivity index (χ3v) is 5.89. The highest BCUT2D eigenvalue weighted by atomic mass is 32.2. The van der Waals surface area contributed by atoms with Gasteiger partial charge in [0.25, 0.3) is 0 Å². The van der Waals surface area contributed by atoms with Crippen LogP contribution in [0.3, 0.4) is 0 Å². The molecule has 1 atom stereocenters. The van der Waals surface area contributed by atoms with Crippen molar-refractivity contribution in [3.8, 4) is 11.5 Å². The summed E-state index contributed by atoms with van der Waals surface area (Å²) in [7, 11) is 1.84. The van der Waals surface area contributed by atoms with Gasteiger partial charge in [-0.2, -0.15) is 11.8 Å². The second-order valence-electron chi connectivity index (χ2n) is 6.51. The molecule has 3 rings (SSSR count). The lowest BCUT2D eigenvalue weighted by Crippen LogP contribution is -2.48. The Hall–Kier alpha value is -1.95. The van der Waals surface area contributed by atoms with Gasteiger partial charge in [0.05, 0.1) is 12.2 Å². The van der Waals surface area contributed by atoms with E-state index >= 15 is 0 Å². The van der Waals surface area contributed by atoms with E-state index < -0.39 is 0 Å². The van der Waals surface area contributed by atoms with Crippen LogP contribution in [-0.4, -0.2) is 47.0 Å². The summed E-state index contributed by atoms with van der Waals surface area (Å²) in [4.78, 5) is 11.4. The van der Waals surface area contributed by atoms with Crippen LogP contribution >= 0.6 is 11.8 Å². The molecule has 1 unspecified atom stereocenters. The molecule has 0 spiro atoms. The molecule has 1 saturated heterocycles. The second kappa shape index (κ2) is 8.43. The number of guanidine groups is 1. The quantitative estimate of drug-likeness (QED) is 0.670. The lowest BCUT2D eigenvalue weighted by molar-refractivity contribution is 0.380. The highest BCUT2D eigenvalue weighted by Gasteiger charge is 2.24. The fourth-order valence-electron chi connectivity index (χ4n) is 2.87. The van der Waals surface area contributed by atoms with Gasteiger partial charge >= 0.3 is 0 Å². The van der Waals surface area contributed by atoms with Crippen molar-refractivity contribution >= 4 is 17.7 Å². The van der Waals surface area contributed by atoms with Crippen LogP contribution in [0.15, 0.2) is 46.0 Å². The Bertz CT molecular complexity index is 698. The fourth-order valence-corrected chi connectivity index (χ4v) is 4.17. The van der Waals surface area contributed by atoms with E-state index in [1.54, 1.807) is 6.26 Å². The van der Waals surface area contributed by atoms with Crippen LogP contribution < -0.4 is 5.32 Å². The van der Waals surface area contributed by atoms with Gasteiger partial charge in [0, 0.05) is 36.7 Å². The molecule has 5 nitrogen and oxygen atoms in total. The first-order valence-corrected chi connectivity index (χ1v) is 9.79. The van der Waals surface area contributed by atoms with Gasteiger partial charge < -0.3 is 14.6 Å². The zero-order chi connectivity index (χ0) is 17.6. The van der Waals surface area contributed by atoms with Crippen LogP contribution in [0, 0.1) is 5.92 Å². The summed E-state index contributed by atoms with van der Waals surface area (Å²) < 4.78 is 5.60. The molecule has 1 aliphatic heterocycles. The van der Waals surface area contributed by atoms with Crippen molar-refractivity contribution in [1.82, 2.24) is 15.2 Å². The second-order valence-corrected chi connectivity index (χ2v) is 7.86. The van der Waals surface area contributed by atoms with Gasteiger partial charge in [-0.05, 0) is 18.1 Å². The van der Waals surface area contributed by atoms with E-state index in [0.29, 0.717) is 23.6 Å². The summed E-state index contributed by atoms with van der Waals surface area (Å²) in [5.74, 6) is 3.41. The number of aliphatic imine (C=N–C) groups is 1. The summed E-state index contributed by atoms with van der Waals surface area (Å²) in [6.45, 7) is 7.26. The predicted molar refractivity (Wildman–Crippen MR) is 105 cm³/mol. The van der Waals surface area contributed by atoms with Crippen LogP contribution in [-0.2, 0) is 6.54 Å². The molecule has 1 aliphatic rings. The molecule has 1 aromatic heterocycles. The van der Waals surface area contributed by atoms with Gasteiger partial charge in [0.15, 0.2) is 5.96 Å². The molecule has 1 N–H and O–H groups in total. The fraction of sp³-hybridized carbons (Fsp3) is 0.474. The first-order valence-electron chi connectivity index (χ1n) is 8.74. The predicted octanol–water partition coefficient (Wildman–Crippen LogP) is 3.49. The largest absolute Gasteiger partial charge is 0.444 e. The normalized spacial score (nSPS) is 18.6. The minimum atomic E-state index is 0.610. The highest BCUT2D eigenvalue weighted by Crippen LogP contribution is 2.25. The molecule has 134 valence electrons. The number of benzene rings is 1. The van der Waals surface area contributed by atoms with Crippen LogP contribution in [0.25, 0.3) is 11.5 Å². The number of rotatable bonds is 4. The molecule has 0 bridgehead atoms. The number of nitrogens with one attached hydrogen (secondary N) is 1. The van der Waals surface area contributed by atoms with E-state index in [9.17, 15) is 0 Å². The Morgan fingerprint density at radius 2 is 2.20 bits per heavy atom. The van der Waals surface area contributed by atoms with E-state index in [0.717, 1.165) is 36.1 Å². The molecule has 2 heterocycles. The number of hydrogen-bond acceptors (Lipinski definition) is 4. The Labute approximate surface area is 153 Å². The summed E-state index contributed by atoms with van der Waals surface area (Å²) in [5, 5.41) is 4.08. The van der Waals surface area contributed by atoms with Crippen molar-refractivity contribution in [1.29, 1.82) is 0 Å². The average Bonchev–Trinajstić information content (AvgIpc) is 3.12. The van der Waals surface area contributed by atoms with Crippen molar-refractivity contribution in [2.24, 2.45) is 10.9 Å². The molecule has 0 saturated carbocycles. The molecule has 1 aromatic carbocycles. The zero-order valence-electron chi connectivity index (χ0n) is 15.1. The maximum absolute atomic E-state index is 5.60. The number of nitrogens with zero attached hydrogens (tertiary/aromatic N) is 3. The monoisotopic (exact) mass is 358 g/mol. The maximum Gasteiger partial charge on any atom is 0.226 e. The number of hydrogen-bond donors (Lipinski definition) is 1. The van der Waals surface area contributed by atoms with Gasteiger partial charge in [0.1, 0.15) is 6.26 Å². The minimum absolute atomic E-state index is 0.610. The van der Waals surface area contributed by atoms with Crippen molar-refractivity contribution < 1.29 is 4.42 Å². The van der Waals surface area contributed by atoms with Gasteiger partial charge in [-0.1, -0.05) is 32.0 Å². The first-order chi connectivity index (χ1) is 12.2. The average molecular weight is 359 g/mol. The molecule has 6 heteroatoms. The van der Waals surface area contributed by atoms with Gasteiger partial charge in [-0.15, -0.1) is 0 Å². The van der Waals surface area contributed by atoms with Crippen molar-refractivity contribution in [2.75, 3.05) is 25.9 Å². The van der Waals surface area contributed by atoms with E-state index in [4.69, 9.17) is 4.42 Å². The third-order valence-electron chi connectivity index (χ3n) is 4.35. The van der Waals surface area contributed by atoms with E-state index in [1.807, 2.05) is 37.4 Å². The van der Waals surface area contributed by atoms with Gasteiger partial charge in [0.2, 0.25) is 5.89 Å². The zero-order valence-corrected chi connectivity index (χ0v) is 15.9. The Morgan fingerprint density at radius 1 is 1.40 bits per heavy atom. The Kier molecular flexibility index (Phi) is 6.02. The lowest BCUT2D eigenvalue weighted by Gasteiger charge is -2.36. The van der Waals surface area contributed by atoms with Crippen molar-refractivity contribution in [3.63, 3.8) is 0 Å². The number of aromatic nitrogens is 1. The number of oxazole rings is 1. The van der Waals surface area contributed by atoms with Gasteiger partial charge in [-0.3, -0.25) is 4.99 Å². The highest BCUT2D eigenvalue weighted by molar-refractivity contribution is 8.00. The molecule has 0 aliphatic carbocycles. The summed E-state index contributed by atoms with van der Waals surface area (Å²) in [6.07, 6.45) is 1.71. The van der Waals surface area contributed by atoms with E-state index in [-0.39, 0.29) is 0 Å². The molecule has 0 radical (unpaired) electrons. The third kappa shape index (κ3) is 4.57. The molecule has 0 amide bonds. The van der Waals surface area contributed by atoms with Crippen molar-refractivity contribution in [3.05, 3.63) is 42.3 Å². The topological polar surface area (TPSA) is 53.7 Å². The Balaban J connectivity index is 1.59. The van der Waals surface area contributed by atoms with E-state index in [1.165, 1.54) is 0 Å². The summed E-state index contributed by atoms with van der Waals surface area (Å²) in [5.41, 5.74) is 1.87. The molecule has 1 fully saturated rings. The molecule has 2 aromatic rings. The standard InChI is InChI=1S/C19H26N4OS/c1-14(2)17-12-23(9-10-25-17)19(20-3)21-11-16-13-24-18(22-16)15-7-5-4-6-8-15/h4-8,13-14,17H,9-12H2,1-3H3,(H,20,21). The first kappa shape index (κ1) is 17.9. The molecular formula is C19H26N4OS. The molecule has 25 heavy (non-hydrogen) atoms. The SMILES string of the molecule is CN=C(NCc1coc(-c2ccccc2)n1)N1CCSC(C(C)C)C1. The van der Waals surface area contributed by atoms with Crippen LogP contribution in [0.4, 0.5) is 0 Å². The van der Waals surface area contributed by atoms with Gasteiger partial charge in [-0.25, -0.2) is 4.98 Å².